The highest BCUT2D eigenvalue weighted by molar-refractivity contribution is 6.30. The lowest BCUT2D eigenvalue weighted by Gasteiger charge is -2.08. The molecule has 0 aliphatic carbocycles. The number of nitrogens with zero attached hydrogens (tertiary/aromatic N) is 1. The van der Waals surface area contributed by atoms with Crippen LogP contribution in [-0.4, -0.2) is 12.0 Å². The summed E-state index contributed by atoms with van der Waals surface area (Å²) in [6.45, 7) is 0.365. The van der Waals surface area contributed by atoms with Crippen molar-refractivity contribution in [3.05, 3.63) is 62.9 Å². The molecule has 5 nitrogen and oxygen atoms in total. The zero-order valence-corrected chi connectivity index (χ0v) is 11.9. The smallest absolute Gasteiger partial charge is 0.312 e. The van der Waals surface area contributed by atoms with E-state index in [9.17, 15) is 14.5 Å². The predicted octanol–water partition coefficient (Wildman–Crippen LogP) is 4.01. The first-order chi connectivity index (χ1) is 10.0. The Bertz CT molecular complexity index is 679. The summed E-state index contributed by atoms with van der Waals surface area (Å²) < 4.78 is 18.0. The van der Waals surface area contributed by atoms with Crippen LogP contribution in [0.5, 0.6) is 5.75 Å². The largest absolute Gasteiger partial charge is 0.490 e. The van der Waals surface area contributed by atoms with Crippen LogP contribution >= 0.6 is 11.6 Å². The predicted molar refractivity (Wildman–Crippen MR) is 78.4 cm³/mol. The van der Waals surface area contributed by atoms with E-state index in [1.165, 1.54) is 31.4 Å². The summed E-state index contributed by atoms with van der Waals surface area (Å²) in [5.74, 6) is -0.295. The standard InChI is InChI=1S/C14H12ClFN2O3/c1-21-14-5-3-10(7-13(14)18(19)20)17-8-9-2-4-12(16)11(15)6-9/h2-7,17H,8H2,1H3. The molecule has 21 heavy (non-hydrogen) atoms. The Morgan fingerprint density at radius 2 is 2.10 bits per heavy atom. The number of hydrogen-bond donors (Lipinski definition) is 1. The SMILES string of the molecule is COc1ccc(NCc2ccc(F)c(Cl)c2)cc1[N+](=O)[O-]. The molecule has 7 heteroatoms. The fourth-order valence-corrected chi connectivity index (χ4v) is 2.00. The van der Waals surface area contributed by atoms with Gasteiger partial charge >= 0.3 is 5.69 Å². The van der Waals surface area contributed by atoms with Crippen LogP contribution in [0.3, 0.4) is 0 Å². The molecule has 0 atom stereocenters. The molecule has 0 radical (unpaired) electrons. The summed E-state index contributed by atoms with van der Waals surface area (Å²) in [4.78, 5) is 10.4. The van der Waals surface area contributed by atoms with Crippen LogP contribution in [0.15, 0.2) is 36.4 Å². The molecule has 2 aromatic carbocycles. The average Bonchev–Trinajstić information content (AvgIpc) is 2.48. The third-order valence-corrected chi connectivity index (χ3v) is 3.15. The Balaban J connectivity index is 2.14. The zero-order chi connectivity index (χ0) is 15.4. The topological polar surface area (TPSA) is 64.4 Å². The van der Waals surface area contributed by atoms with Gasteiger partial charge in [0.1, 0.15) is 5.82 Å². The van der Waals surface area contributed by atoms with Crippen LogP contribution in [0.1, 0.15) is 5.56 Å². The number of benzene rings is 2. The highest BCUT2D eigenvalue weighted by Crippen LogP contribution is 2.29. The Kier molecular flexibility index (Phi) is 4.59. The van der Waals surface area contributed by atoms with Gasteiger partial charge < -0.3 is 10.1 Å². The van der Waals surface area contributed by atoms with E-state index in [1.54, 1.807) is 12.1 Å². The van der Waals surface area contributed by atoms with E-state index in [0.717, 1.165) is 5.56 Å². The molecule has 1 N–H and O–H groups in total. The minimum absolute atomic E-state index is 0.0370. The first kappa shape index (κ1) is 15.1. The molecular formula is C14H12ClFN2O3. The van der Waals surface area contributed by atoms with Crippen molar-refractivity contribution >= 4 is 23.0 Å². The number of halogens is 2. The summed E-state index contributed by atoms with van der Waals surface area (Å²) in [5.41, 5.74) is 1.20. The maximum atomic E-state index is 13.0. The quantitative estimate of drug-likeness (QED) is 0.669. The maximum absolute atomic E-state index is 13.0. The monoisotopic (exact) mass is 310 g/mol. The molecule has 0 spiro atoms. The van der Waals surface area contributed by atoms with E-state index in [-0.39, 0.29) is 16.5 Å². The van der Waals surface area contributed by atoms with Gasteiger partial charge in [0, 0.05) is 18.3 Å². The lowest BCUT2D eigenvalue weighted by atomic mass is 10.2. The molecule has 0 amide bonds. The molecule has 110 valence electrons. The molecule has 0 aromatic heterocycles. The zero-order valence-electron chi connectivity index (χ0n) is 11.1. The number of nitro benzene ring substituents is 1. The van der Waals surface area contributed by atoms with Gasteiger partial charge in [0.2, 0.25) is 0 Å². The molecule has 0 aliphatic rings. The van der Waals surface area contributed by atoms with E-state index < -0.39 is 10.7 Å². The van der Waals surface area contributed by atoms with E-state index in [1.807, 2.05) is 0 Å². The molecule has 0 unspecified atom stereocenters. The molecule has 0 saturated heterocycles. The number of anilines is 1. The summed E-state index contributed by atoms with van der Waals surface area (Å²) in [7, 11) is 1.37. The summed E-state index contributed by atoms with van der Waals surface area (Å²) in [5, 5.41) is 14.0. The Labute approximate surface area is 125 Å². The highest BCUT2D eigenvalue weighted by atomic mass is 35.5. The molecule has 2 aromatic rings. The van der Waals surface area contributed by atoms with Crippen molar-refractivity contribution in [1.82, 2.24) is 0 Å². The van der Waals surface area contributed by atoms with E-state index in [2.05, 4.69) is 5.32 Å². The van der Waals surface area contributed by atoms with Crippen LogP contribution in [0.4, 0.5) is 15.8 Å². The minimum Gasteiger partial charge on any atom is -0.490 e. The third kappa shape index (κ3) is 3.61. The maximum Gasteiger partial charge on any atom is 0.312 e. The lowest BCUT2D eigenvalue weighted by Crippen LogP contribution is -2.01. The van der Waals surface area contributed by atoms with Gasteiger partial charge in [-0.2, -0.15) is 0 Å². The molecule has 0 aliphatic heterocycles. The number of nitro groups is 1. The lowest BCUT2D eigenvalue weighted by molar-refractivity contribution is -0.385. The van der Waals surface area contributed by atoms with Crippen molar-refractivity contribution in [2.24, 2.45) is 0 Å². The van der Waals surface area contributed by atoms with Gasteiger partial charge in [-0.05, 0) is 29.8 Å². The molecule has 2 rings (SSSR count). The van der Waals surface area contributed by atoms with Crippen molar-refractivity contribution in [3.63, 3.8) is 0 Å². The van der Waals surface area contributed by atoms with Crippen LogP contribution in [-0.2, 0) is 6.54 Å². The Morgan fingerprint density at radius 1 is 1.33 bits per heavy atom. The second kappa shape index (κ2) is 6.41. The second-order valence-corrected chi connectivity index (χ2v) is 4.65. The number of hydrogen-bond acceptors (Lipinski definition) is 4. The van der Waals surface area contributed by atoms with Crippen LogP contribution in [0.25, 0.3) is 0 Å². The summed E-state index contributed by atoms with van der Waals surface area (Å²) in [6.07, 6.45) is 0. The number of methoxy groups -OCH3 is 1. The van der Waals surface area contributed by atoms with Crippen molar-refractivity contribution < 1.29 is 14.1 Å². The molecule has 0 saturated carbocycles. The number of nitrogens with one attached hydrogen (secondary N) is 1. The molecule has 0 fully saturated rings. The van der Waals surface area contributed by atoms with Crippen molar-refractivity contribution in [1.29, 1.82) is 0 Å². The van der Waals surface area contributed by atoms with Gasteiger partial charge in [0.25, 0.3) is 0 Å². The van der Waals surface area contributed by atoms with Crippen LogP contribution in [0, 0.1) is 15.9 Å². The van der Waals surface area contributed by atoms with Crippen molar-refractivity contribution in [2.75, 3.05) is 12.4 Å². The van der Waals surface area contributed by atoms with E-state index >= 15 is 0 Å². The molecule has 0 heterocycles. The van der Waals surface area contributed by atoms with Gasteiger partial charge in [-0.3, -0.25) is 10.1 Å². The highest BCUT2D eigenvalue weighted by Gasteiger charge is 2.15. The first-order valence-corrected chi connectivity index (χ1v) is 6.39. The van der Waals surface area contributed by atoms with Gasteiger partial charge in [-0.25, -0.2) is 4.39 Å². The number of rotatable bonds is 5. The van der Waals surface area contributed by atoms with Gasteiger partial charge in [-0.15, -0.1) is 0 Å². The van der Waals surface area contributed by atoms with E-state index in [0.29, 0.717) is 12.2 Å². The Hall–Kier alpha value is -2.34. The van der Waals surface area contributed by atoms with E-state index in [4.69, 9.17) is 16.3 Å². The fraction of sp³-hybridized carbons (Fsp3) is 0.143. The van der Waals surface area contributed by atoms with Crippen molar-refractivity contribution in [3.8, 4) is 5.75 Å². The first-order valence-electron chi connectivity index (χ1n) is 6.01. The van der Waals surface area contributed by atoms with Crippen molar-refractivity contribution in [2.45, 2.75) is 6.54 Å². The van der Waals surface area contributed by atoms with Gasteiger partial charge in [-0.1, -0.05) is 17.7 Å². The normalized spacial score (nSPS) is 10.2. The number of ether oxygens (including phenoxy) is 1. The van der Waals surface area contributed by atoms with Gasteiger partial charge in [0.05, 0.1) is 17.1 Å². The molecule has 0 bridgehead atoms. The fourth-order valence-electron chi connectivity index (χ4n) is 1.80. The summed E-state index contributed by atoms with van der Waals surface area (Å²) in [6, 6.07) is 8.92. The second-order valence-electron chi connectivity index (χ2n) is 4.25. The third-order valence-electron chi connectivity index (χ3n) is 2.86. The van der Waals surface area contributed by atoms with Crippen LogP contribution in [0.2, 0.25) is 5.02 Å². The summed E-state index contributed by atoms with van der Waals surface area (Å²) >= 11 is 5.69. The average molecular weight is 311 g/mol. The minimum atomic E-state index is -0.515. The van der Waals surface area contributed by atoms with Gasteiger partial charge in [0.15, 0.2) is 5.75 Å². The Morgan fingerprint density at radius 3 is 2.71 bits per heavy atom. The van der Waals surface area contributed by atoms with Crippen LogP contribution < -0.4 is 10.1 Å². The molecular weight excluding hydrogens is 299 g/mol.